The summed E-state index contributed by atoms with van der Waals surface area (Å²) >= 11 is 0. The van der Waals surface area contributed by atoms with E-state index in [1.807, 2.05) is 14.1 Å². The molecule has 0 aromatic heterocycles. The third kappa shape index (κ3) is 3.13. The first kappa shape index (κ1) is 13.8. The highest BCUT2D eigenvalue weighted by atomic mass is 16.6. The molecule has 0 saturated carbocycles. The molecule has 0 radical (unpaired) electrons. The second kappa shape index (κ2) is 5.90. The van der Waals surface area contributed by atoms with Gasteiger partial charge in [-0.1, -0.05) is 0 Å². The van der Waals surface area contributed by atoms with Crippen LogP contribution in [-0.4, -0.2) is 38.1 Å². The van der Waals surface area contributed by atoms with Crippen molar-refractivity contribution in [3.05, 3.63) is 34.0 Å². The van der Waals surface area contributed by atoms with Crippen LogP contribution < -0.4 is 9.47 Å². The van der Waals surface area contributed by atoms with Gasteiger partial charge in [-0.15, -0.1) is 0 Å². The lowest BCUT2D eigenvalue weighted by atomic mass is 10.1. The highest BCUT2D eigenvalue weighted by Crippen LogP contribution is 2.35. The van der Waals surface area contributed by atoms with E-state index in [0.29, 0.717) is 17.1 Å². The average molecular weight is 252 g/mol. The first-order valence-electron chi connectivity index (χ1n) is 5.24. The smallest absolute Gasteiger partial charge is 0.280 e. The first-order chi connectivity index (χ1) is 8.49. The Balaban J connectivity index is 3.33. The maximum atomic E-state index is 11.0. The number of nitro benzene ring substituents is 1. The molecule has 0 N–H and O–H groups in total. The van der Waals surface area contributed by atoms with Gasteiger partial charge in [-0.25, -0.2) is 0 Å². The maximum absolute atomic E-state index is 11.0. The average Bonchev–Trinajstić information content (AvgIpc) is 2.34. The number of rotatable bonds is 5. The lowest BCUT2D eigenvalue weighted by molar-refractivity contribution is -0.385. The van der Waals surface area contributed by atoms with Crippen molar-refractivity contribution in [3.63, 3.8) is 0 Å². The van der Waals surface area contributed by atoms with Crippen LogP contribution in [0.15, 0.2) is 18.3 Å². The molecule has 1 aromatic rings. The van der Waals surface area contributed by atoms with E-state index < -0.39 is 4.92 Å². The van der Waals surface area contributed by atoms with Crippen LogP contribution in [0, 0.1) is 10.1 Å². The summed E-state index contributed by atoms with van der Waals surface area (Å²) in [5.41, 5.74) is 0.442. The molecule has 0 aliphatic rings. The van der Waals surface area contributed by atoms with Gasteiger partial charge in [0.1, 0.15) is 0 Å². The zero-order valence-corrected chi connectivity index (χ0v) is 10.8. The fourth-order valence-corrected chi connectivity index (χ4v) is 1.40. The molecular formula is C12H16N2O4. The van der Waals surface area contributed by atoms with E-state index in [2.05, 4.69) is 0 Å². The number of nitrogens with zero attached hydrogens (tertiary/aromatic N) is 2. The van der Waals surface area contributed by atoms with Crippen LogP contribution in [0.2, 0.25) is 0 Å². The van der Waals surface area contributed by atoms with E-state index in [9.17, 15) is 10.1 Å². The molecule has 0 aliphatic carbocycles. The Morgan fingerprint density at radius 1 is 1.22 bits per heavy atom. The van der Waals surface area contributed by atoms with E-state index >= 15 is 0 Å². The Morgan fingerprint density at radius 2 is 1.78 bits per heavy atom. The summed E-state index contributed by atoms with van der Waals surface area (Å²) in [5.74, 6) is 0.799. The molecule has 0 atom stereocenters. The van der Waals surface area contributed by atoms with Crippen molar-refractivity contribution in [2.75, 3.05) is 28.3 Å². The molecule has 1 rings (SSSR count). The molecule has 0 heterocycles. The molecule has 0 aliphatic heterocycles. The predicted molar refractivity (Wildman–Crippen MR) is 68.9 cm³/mol. The van der Waals surface area contributed by atoms with Crippen LogP contribution in [-0.2, 0) is 0 Å². The first-order valence-corrected chi connectivity index (χ1v) is 5.24. The molecule has 6 heteroatoms. The van der Waals surface area contributed by atoms with Crippen molar-refractivity contribution < 1.29 is 14.4 Å². The lowest BCUT2D eigenvalue weighted by Crippen LogP contribution is -2.01. The Kier molecular flexibility index (Phi) is 4.53. The highest BCUT2D eigenvalue weighted by molar-refractivity contribution is 5.66. The van der Waals surface area contributed by atoms with E-state index in [1.165, 1.54) is 20.3 Å². The summed E-state index contributed by atoms with van der Waals surface area (Å²) in [5, 5.41) is 11.0. The third-order valence-electron chi connectivity index (χ3n) is 2.28. The van der Waals surface area contributed by atoms with Gasteiger partial charge in [-0.2, -0.15) is 0 Å². The summed E-state index contributed by atoms with van der Waals surface area (Å²) in [6.45, 7) is 0. The van der Waals surface area contributed by atoms with Crippen molar-refractivity contribution in [2.24, 2.45) is 0 Å². The number of nitro groups is 1. The van der Waals surface area contributed by atoms with Crippen molar-refractivity contribution in [1.82, 2.24) is 4.90 Å². The Morgan fingerprint density at radius 3 is 2.22 bits per heavy atom. The highest BCUT2D eigenvalue weighted by Gasteiger charge is 2.17. The zero-order chi connectivity index (χ0) is 13.7. The molecule has 18 heavy (non-hydrogen) atoms. The van der Waals surface area contributed by atoms with Gasteiger partial charge in [0, 0.05) is 14.1 Å². The fraction of sp³-hybridized carbons (Fsp3) is 0.333. The van der Waals surface area contributed by atoms with E-state index in [4.69, 9.17) is 9.47 Å². The minimum Gasteiger partial charge on any atom is -0.493 e. The van der Waals surface area contributed by atoms with E-state index in [1.54, 1.807) is 23.2 Å². The van der Waals surface area contributed by atoms with Crippen molar-refractivity contribution in [3.8, 4) is 11.5 Å². The molecule has 0 bridgehead atoms. The number of hydrogen-bond donors (Lipinski definition) is 0. The molecule has 0 saturated heterocycles. The lowest BCUT2D eigenvalue weighted by Gasteiger charge is -2.09. The van der Waals surface area contributed by atoms with Gasteiger partial charge in [-0.3, -0.25) is 10.1 Å². The molecule has 0 spiro atoms. The Labute approximate surface area is 106 Å². The van der Waals surface area contributed by atoms with Crippen LogP contribution in [0.3, 0.4) is 0 Å². The molecule has 6 nitrogen and oxygen atoms in total. The number of methoxy groups -OCH3 is 2. The van der Waals surface area contributed by atoms with Crippen LogP contribution in [0.25, 0.3) is 6.08 Å². The molecular weight excluding hydrogens is 236 g/mol. The molecule has 1 aromatic carbocycles. The van der Waals surface area contributed by atoms with Crippen LogP contribution in [0.4, 0.5) is 5.69 Å². The van der Waals surface area contributed by atoms with Crippen LogP contribution in [0.5, 0.6) is 11.5 Å². The van der Waals surface area contributed by atoms with Crippen LogP contribution >= 0.6 is 0 Å². The summed E-state index contributed by atoms with van der Waals surface area (Å²) in [4.78, 5) is 12.3. The predicted octanol–water partition coefficient (Wildman–Crippen LogP) is 2.14. The maximum Gasteiger partial charge on any atom is 0.280 e. The second-order valence-electron chi connectivity index (χ2n) is 3.80. The van der Waals surface area contributed by atoms with E-state index in [-0.39, 0.29) is 5.69 Å². The van der Waals surface area contributed by atoms with Crippen molar-refractivity contribution in [2.45, 2.75) is 0 Å². The van der Waals surface area contributed by atoms with Gasteiger partial charge in [0.05, 0.1) is 30.8 Å². The quantitative estimate of drug-likeness (QED) is 0.593. The number of benzene rings is 1. The zero-order valence-electron chi connectivity index (χ0n) is 10.8. The van der Waals surface area contributed by atoms with Gasteiger partial charge >= 0.3 is 0 Å². The Bertz CT molecular complexity index is 469. The normalized spacial score (nSPS) is 10.4. The standard InChI is InChI=1S/C12H16N2O4/c1-13(2)6-5-9-7-11(17-3)12(18-4)8-10(9)14(15)16/h5-8H,1-4H3. The van der Waals surface area contributed by atoms with Gasteiger partial charge in [0.2, 0.25) is 0 Å². The SMILES string of the molecule is COc1cc(C=CN(C)C)c([N+](=O)[O-])cc1OC. The molecule has 0 unspecified atom stereocenters. The fourth-order valence-electron chi connectivity index (χ4n) is 1.40. The summed E-state index contributed by atoms with van der Waals surface area (Å²) in [7, 11) is 6.60. The minimum absolute atomic E-state index is 0.0225. The number of ether oxygens (including phenoxy) is 2. The minimum atomic E-state index is -0.447. The van der Waals surface area contributed by atoms with Gasteiger partial charge in [0.15, 0.2) is 11.5 Å². The molecule has 98 valence electrons. The van der Waals surface area contributed by atoms with Gasteiger partial charge in [0.25, 0.3) is 5.69 Å². The summed E-state index contributed by atoms with van der Waals surface area (Å²) in [6, 6.07) is 2.94. The van der Waals surface area contributed by atoms with Crippen molar-refractivity contribution >= 4 is 11.8 Å². The number of hydrogen-bond acceptors (Lipinski definition) is 5. The monoisotopic (exact) mass is 252 g/mol. The van der Waals surface area contributed by atoms with Gasteiger partial charge in [-0.05, 0) is 18.3 Å². The van der Waals surface area contributed by atoms with Crippen LogP contribution in [0.1, 0.15) is 5.56 Å². The van der Waals surface area contributed by atoms with Crippen molar-refractivity contribution in [1.29, 1.82) is 0 Å². The summed E-state index contributed by atoms with van der Waals surface area (Å²) in [6.07, 6.45) is 3.38. The van der Waals surface area contributed by atoms with Gasteiger partial charge < -0.3 is 14.4 Å². The molecule has 0 fully saturated rings. The summed E-state index contributed by atoms with van der Waals surface area (Å²) < 4.78 is 10.2. The Hall–Kier alpha value is -2.24. The van der Waals surface area contributed by atoms with E-state index in [0.717, 1.165) is 0 Å². The topological polar surface area (TPSA) is 64.8 Å². The molecule has 0 amide bonds. The third-order valence-corrected chi connectivity index (χ3v) is 2.28. The second-order valence-corrected chi connectivity index (χ2v) is 3.80. The largest absolute Gasteiger partial charge is 0.493 e.